The van der Waals surface area contributed by atoms with Gasteiger partial charge >= 0.3 is 0 Å². The summed E-state index contributed by atoms with van der Waals surface area (Å²) in [5, 5.41) is 3.39. The first-order chi connectivity index (χ1) is 7.15. The van der Waals surface area contributed by atoms with E-state index in [1.165, 1.54) is 5.82 Å². The van der Waals surface area contributed by atoms with E-state index in [2.05, 4.69) is 30.1 Å². The first kappa shape index (κ1) is 10.8. The Bertz CT molecular complexity index is 244. The van der Waals surface area contributed by atoms with Gasteiger partial charge in [-0.25, -0.2) is 0 Å². The van der Waals surface area contributed by atoms with Crippen LogP contribution in [-0.2, 0) is 4.74 Å². The third-order valence-corrected chi connectivity index (χ3v) is 2.92. The van der Waals surface area contributed by atoms with Gasteiger partial charge in [0, 0.05) is 25.7 Å². The molecule has 3 N–H and O–H groups in total. The Morgan fingerprint density at radius 1 is 1.40 bits per heavy atom. The summed E-state index contributed by atoms with van der Waals surface area (Å²) in [6.45, 7) is 7.07. The molecule has 3 atom stereocenters. The summed E-state index contributed by atoms with van der Waals surface area (Å²) in [5.41, 5.74) is 5.83. The monoisotopic (exact) mass is 211 g/mol. The van der Waals surface area contributed by atoms with E-state index < -0.39 is 0 Å². The highest BCUT2D eigenvalue weighted by Crippen LogP contribution is 2.16. The van der Waals surface area contributed by atoms with Crippen LogP contribution in [0.2, 0.25) is 0 Å². The fourth-order valence-corrected chi connectivity index (χ4v) is 2.27. The summed E-state index contributed by atoms with van der Waals surface area (Å²) in [5.74, 6) is 1.23. The Labute approximate surface area is 91.5 Å². The van der Waals surface area contributed by atoms with Crippen LogP contribution in [0.25, 0.3) is 0 Å². The van der Waals surface area contributed by atoms with Crippen molar-refractivity contribution in [1.29, 1.82) is 0 Å². The smallest absolute Gasteiger partial charge is 0.0974 e. The molecule has 4 heteroatoms. The normalized spacial score (nSPS) is 37.1. The van der Waals surface area contributed by atoms with Gasteiger partial charge in [-0.05, 0) is 26.3 Å². The Morgan fingerprint density at radius 3 is 2.60 bits per heavy atom. The molecule has 2 rings (SSSR count). The fourth-order valence-electron chi connectivity index (χ4n) is 2.27. The van der Waals surface area contributed by atoms with Crippen LogP contribution in [0.4, 0.5) is 0 Å². The second-order valence-corrected chi connectivity index (χ2v) is 4.63. The maximum atomic E-state index is 5.83. The van der Waals surface area contributed by atoms with E-state index in [1.807, 2.05) is 0 Å². The molecule has 15 heavy (non-hydrogen) atoms. The van der Waals surface area contributed by atoms with Crippen molar-refractivity contribution in [2.75, 3.05) is 19.6 Å². The van der Waals surface area contributed by atoms with Crippen molar-refractivity contribution in [2.24, 2.45) is 5.73 Å². The summed E-state index contributed by atoms with van der Waals surface area (Å²) in [7, 11) is 0. The maximum absolute atomic E-state index is 5.83. The second kappa shape index (κ2) is 4.41. The zero-order valence-electron chi connectivity index (χ0n) is 9.57. The van der Waals surface area contributed by atoms with E-state index in [-0.39, 0.29) is 6.04 Å². The van der Waals surface area contributed by atoms with Crippen LogP contribution >= 0.6 is 0 Å². The van der Waals surface area contributed by atoms with Crippen LogP contribution in [0.1, 0.15) is 20.3 Å². The van der Waals surface area contributed by atoms with E-state index in [9.17, 15) is 0 Å². The summed E-state index contributed by atoms with van der Waals surface area (Å²) in [4.78, 5) is 2.37. The number of hydrogen-bond acceptors (Lipinski definition) is 4. The SMILES string of the molecule is C[C@@H]1CN(C2=CCC(N)CN2)C[C@H](C)O1. The van der Waals surface area contributed by atoms with Gasteiger partial charge in [0.15, 0.2) is 0 Å². The highest BCUT2D eigenvalue weighted by molar-refractivity contribution is 5.06. The van der Waals surface area contributed by atoms with Gasteiger partial charge in [-0.2, -0.15) is 0 Å². The number of rotatable bonds is 1. The molecule has 0 radical (unpaired) electrons. The summed E-state index contributed by atoms with van der Waals surface area (Å²) in [6, 6.07) is 0.268. The average Bonchev–Trinajstić information content (AvgIpc) is 2.17. The van der Waals surface area contributed by atoms with Crippen molar-refractivity contribution in [3.05, 3.63) is 11.9 Å². The van der Waals surface area contributed by atoms with E-state index >= 15 is 0 Å². The van der Waals surface area contributed by atoms with E-state index in [0.717, 1.165) is 26.1 Å². The van der Waals surface area contributed by atoms with Crippen molar-refractivity contribution >= 4 is 0 Å². The first-order valence-corrected chi connectivity index (χ1v) is 5.75. The van der Waals surface area contributed by atoms with Gasteiger partial charge in [-0.1, -0.05) is 0 Å². The van der Waals surface area contributed by atoms with Gasteiger partial charge < -0.3 is 20.7 Å². The minimum absolute atomic E-state index is 0.268. The molecule has 1 unspecified atom stereocenters. The molecule has 2 heterocycles. The van der Waals surface area contributed by atoms with Crippen LogP contribution in [0.15, 0.2) is 11.9 Å². The van der Waals surface area contributed by atoms with E-state index in [1.54, 1.807) is 0 Å². The number of ether oxygens (including phenoxy) is 1. The minimum Gasteiger partial charge on any atom is -0.372 e. The van der Waals surface area contributed by atoms with Gasteiger partial charge in [-0.15, -0.1) is 0 Å². The van der Waals surface area contributed by atoms with Crippen molar-refractivity contribution in [3.63, 3.8) is 0 Å². The molecule has 0 aromatic carbocycles. The third-order valence-electron chi connectivity index (χ3n) is 2.92. The number of nitrogens with zero attached hydrogens (tertiary/aromatic N) is 1. The summed E-state index contributed by atoms with van der Waals surface area (Å²) in [6.07, 6.45) is 3.81. The second-order valence-electron chi connectivity index (χ2n) is 4.63. The van der Waals surface area contributed by atoms with Crippen LogP contribution in [0.5, 0.6) is 0 Å². The van der Waals surface area contributed by atoms with Gasteiger partial charge in [0.1, 0.15) is 0 Å². The Hall–Kier alpha value is -0.740. The molecule has 0 amide bonds. The van der Waals surface area contributed by atoms with Crippen LogP contribution in [-0.4, -0.2) is 42.8 Å². The first-order valence-electron chi connectivity index (χ1n) is 5.75. The van der Waals surface area contributed by atoms with Crippen LogP contribution in [0.3, 0.4) is 0 Å². The molecule has 0 aliphatic carbocycles. The summed E-state index contributed by atoms with van der Waals surface area (Å²) < 4.78 is 5.71. The van der Waals surface area contributed by atoms with Crippen LogP contribution < -0.4 is 11.1 Å². The number of nitrogens with two attached hydrogens (primary N) is 1. The minimum atomic E-state index is 0.268. The molecule has 2 aliphatic heterocycles. The molecule has 0 spiro atoms. The van der Waals surface area contributed by atoms with Gasteiger partial charge in [0.05, 0.1) is 18.0 Å². The molecule has 1 fully saturated rings. The van der Waals surface area contributed by atoms with E-state index in [0.29, 0.717) is 12.2 Å². The average molecular weight is 211 g/mol. The quantitative estimate of drug-likeness (QED) is 0.653. The molecular formula is C11H21N3O. The lowest BCUT2D eigenvalue weighted by molar-refractivity contribution is -0.0600. The third kappa shape index (κ3) is 2.63. The van der Waals surface area contributed by atoms with Gasteiger partial charge in [0.2, 0.25) is 0 Å². The largest absolute Gasteiger partial charge is 0.372 e. The summed E-state index contributed by atoms with van der Waals surface area (Å²) >= 11 is 0. The van der Waals surface area contributed by atoms with Crippen molar-refractivity contribution < 1.29 is 4.74 Å². The molecule has 0 saturated carbocycles. The molecule has 2 aliphatic rings. The molecular weight excluding hydrogens is 190 g/mol. The van der Waals surface area contributed by atoms with Crippen molar-refractivity contribution in [2.45, 2.75) is 38.5 Å². The molecule has 0 bridgehead atoms. The molecule has 0 aromatic heterocycles. The predicted octanol–water partition coefficient (Wildman–Crippen LogP) is 0.258. The Balaban J connectivity index is 1.98. The van der Waals surface area contributed by atoms with Crippen molar-refractivity contribution in [3.8, 4) is 0 Å². The Morgan fingerprint density at radius 2 is 2.07 bits per heavy atom. The van der Waals surface area contributed by atoms with Crippen LogP contribution in [0, 0.1) is 0 Å². The highest BCUT2D eigenvalue weighted by atomic mass is 16.5. The molecule has 1 saturated heterocycles. The highest BCUT2D eigenvalue weighted by Gasteiger charge is 2.24. The number of hydrogen-bond donors (Lipinski definition) is 2. The zero-order chi connectivity index (χ0) is 10.8. The fraction of sp³-hybridized carbons (Fsp3) is 0.818. The maximum Gasteiger partial charge on any atom is 0.0974 e. The molecule has 86 valence electrons. The predicted molar refractivity (Wildman–Crippen MR) is 60.3 cm³/mol. The zero-order valence-corrected chi connectivity index (χ0v) is 9.57. The van der Waals surface area contributed by atoms with Crippen molar-refractivity contribution in [1.82, 2.24) is 10.2 Å². The lowest BCUT2D eigenvalue weighted by atomic mass is 10.1. The lowest BCUT2D eigenvalue weighted by Gasteiger charge is -2.39. The van der Waals surface area contributed by atoms with Gasteiger partial charge in [0.25, 0.3) is 0 Å². The number of morpholine rings is 1. The topological polar surface area (TPSA) is 50.5 Å². The standard InChI is InChI=1S/C11H21N3O/c1-8-6-14(7-9(2)15-8)11-4-3-10(12)5-13-11/h4,8-10,13H,3,5-7,12H2,1-2H3/t8-,9+,10?. The van der Waals surface area contributed by atoms with Gasteiger partial charge in [-0.3, -0.25) is 0 Å². The molecule has 0 aromatic rings. The number of nitrogens with one attached hydrogen (secondary N) is 1. The van der Waals surface area contributed by atoms with E-state index in [4.69, 9.17) is 10.5 Å². The molecule has 4 nitrogen and oxygen atoms in total. The Kier molecular flexibility index (Phi) is 3.17. The lowest BCUT2D eigenvalue weighted by Crippen LogP contribution is -2.50.